The molecule has 3 heterocycles. The fourth-order valence-electron chi connectivity index (χ4n) is 4.26. The molecular weight excluding hydrogens is 532 g/mol. The molecule has 1 N–H and O–H groups in total. The van der Waals surface area contributed by atoms with Gasteiger partial charge in [-0.2, -0.15) is 5.10 Å². The summed E-state index contributed by atoms with van der Waals surface area (Å²) >= 11 is 1.26. The maximum atomic E-state index is 13.5. The summed E-state index contributed by atoms with van der Waals surface area (Å²) in [5.74, 6) is 1.86. The fourth-order valence-corrected chi connectivity index (χ4v) is 5.04. The van der Waals surface area contributed by atoms with Crippen LogP contribution in [-0.2, 0) is 18.4 Å². The number of methoxy groups -OCH3 is 2. The van der Waals surface area contributed by atoms with Gasteiger partial charge in [0.2, 0.25) is 0 Å². The zero-order valence-corrected chi connectivity index (χ0v) is 23.1. The minimum atomic E-state index is -0.346. The molecule has 0 fully saturated rings. The second kappa shape index (κ2) is 12.1. The lowest BCUT2D eigenvalue weighted by Gasteiger charge is -2.22. The molecule has 2 amide bonds. The second-order valence-corrected chi connectivity index (χ2v) is 9.86. The fraction of sp³-hybridized carbons (Fsp3) is 0.250. The van der Waals surface area contributed by atoms with Gasteiger partial charge < -0.3 is 23.8 Å². The number of rotatable bonds is 10. The number of amides is 2. The van der Waals surface area contributed by atoms with Gasteiger partial charge in [0.15, 0.2) is 16.7 Å². The summed E-state index contributed by atoms with van der Waals surface area (Å²) in [6.07, 6.45) is 2.01. The lowest BCUT2D eigenvalue weighted by molar-refractivity contribution is -0.130. The molecule has 2 aromatic heterocycles. The Bertz CT molecular complexity index is 1500. The molecule has 1 atom stereocenters. The maximum Gasteiger partial charge on any atom is 0.287 e. The molecule has 0 radical (unpaired) electrons. The zero-order chi connectivity index (χ0) is 28.1. The van der Waals surface area contributed by atoms with Crippen LogP contribution < -0.4 is 14.8 Å². The van der Waals surface area contributed by atoms with Crippen LogP contribution in [0.5, 0.6) is 11.5 Å². The predicted molar refractivity (Wildman–Crippen MR) is 148 cm³/mol. The Balaban J connectivity index is 1.29. The third-order valence-electron chi connectivity index (χ3n) is 6.49. The summed E-state index contributed by atoms with van der Waals surface area (Å²) < 4.78 is 17.4. The molecule has 5 rings (SSSR count). The highest BCUT2D eigenvalue weighted by molar-refractivity contribution is 7.99. The van der Waals surface area contributed by atoms with Gasteiger partial charge in [-0.3, -0.25) is 9.59 Å². The average molecular weight is 561 g/mol. The number of aromatic nitrogens is 3. The molecule has 0 aliphatic carbocycles. The average Bonchev–Trinajstić information content (AvgIpc) is 3.76. The summed E-state index contributed by atoms with van der Waals surface area (Å²) in [5.41, 5.74) is 2.70. The molecule has 2 aromatic carbocycles. The maximum absolute atomic E-state index is 13.5. The van der Waals surface area contributed by atoms with Crippen molar-refractivity contribution < 1.29 is 23.5 Å². The van der Waals surface area contributed by atoms with Crippen LogP contribution in [0.25, 0.3) is 0 Å². The van der Waals surface area contributed by atoms with Crippen molar-refractivity contribution in [1.29, 1.82) is 0 Å². The first-order valence-corrected chi connectivity index (χ1v) is 13.5. The van der Waals surface area contributed by atoms with Crippen molar-refractivity contribution in [2.24, 2.45) is 12.1 Å². The highest BCUT2D eigenvalue weighted by Crippen LogP contribution is 2.34. The molecule has 12 heteroatoms. The van der Waals surface area contributed by atoms with Crippen molar-refractivity contribution in [2.45, 2.75) is 24.2 Å². The Morgan fingerprint density at radius 1 is 1.02 bits per heavy atom. The van der Waals surface area contributed by atoms with Crippen LogP contribution >= 0.6 is 11.8 Å². The molecule has 0 saturated carbocycles. The molecule has 4 aromatic rings. The van der Waals surface area contributed by atoms with Crippen molar-refractivity contribution in [3.63, 3.8) is 0 Å². The smallest absolute Gasteiger partial charge is 0.287 e. The number of benzene rings is 2. The van der Waals surface area contributed by atoms with Gasteiger partial charge in [0.1, 0.15) is 11.5 Å². The highest BCUT2D eigenvalue weighted by atomic mass is 32.2. The van der Waals surface area contributed by atoms with Gasteiger partial charge in [0.05, 0.1) is 44.5 Å². The van der Waals surface area contributed by atoms with Gasteiger partial charge >= 0.3 is 0 Å². The Labute approximate surface area is 235 Å². The van der Waals surface area contributed by atoms with E-state index in [1.54, 1.807) is 43.0 Å². The van der Waals surface area contributed by atoms with E-state index in [4.69, 9.17) is 19.0 Å². The van der Waals surface area contributed by atoms with E-state index in [9.17, 15) is 9.59 Å². The first kappa shape index (κ1) is 27.0. The van der Waals surface area contributed by atoms with E-state index >= 15 is 0 Å². The van der Waals surface area contributed by atoms with E-state index in [1.165, 1.54) is 18.0 Å². The van der Waals surface area contributed by atoms with E-state index in [2.05, 4.69) is 15.5 Å². The molecule has 0 spiro atoms. The summed E-state index contributed by atoms with van der Waals surface area (Å²) in [4.78, 5) is 25.7. The molecule has 0 bridgehead atoms. The molecule has 1 aliphatic heterocycles. The monoisotopic (exact) mass is 560 g/mol. The summed E-state index contributed by atoms with van der Waals surface area (Å²) in [6.45, 7) is 0.165. The summed E-state index contributed by atoms with van der Waals surface area (Å²) in [5, 5.41) is 18.0. The van der Waals surface area contributed by atoms with Crippen molar-refractivity contribution in [1.82, 2.24) is 25.1 Å². The third-order valence-corrected chi connectivity index (χ3v) is 7.50. The van der Waals surface area contributed by atoms with Gasteiger partial charge in [0, 0.05) is 13.5 Å². The van der Waals surface area contributed by atoms with Gasteiger partial charge in [-0.25, -0.2) is 5.01 Å². The quantitative estimate of drug-likeness (QED) is 0.290. The highest BCUT2D eigenvalue weighted by Gasteiger charge is 2.33. The second-order valence-electron chi connectivity index (χ2n) is 8.91. The minimum absolute atomic E-state index is 0.108. The number of hydrogen-bond donors (Lipinski definition) is 1. The number of nitrogens with one attached hydrogen (secondary N) is 1. The Morgan fingerprint density at radius 2 is 1.73 bits per heavy atom. The van der Waals surface area contributed by atoms with Crippen LogP contribution in [0.2, 0.25) is 0 Å². The van der Waals surface area contributed by atoms with Crippen molar-refractivity contribution >= 4 is 29.3 Å². The van der Waals surface area contributed by atoms with E-state index in [1.807, 2.05) is 48.5 Å². The SMILES string of the molecule is COc1ccc(C2=NN(C(=O)CSc3nnc(CNC(=O)c4ccco4)n3C)[C@@H](c3ccc(OC)cc3)C2)cc1. The van der Waals surface area contributed by atoms with Gasteiger partial charge in [0.25, 0.3) is 11.8 Å². The molecule has 0 saturated heterocycles. The van der Waals surface area contributed by atoms with Crippen molar-refractivity contribution in [3.05, 3.63) is 89.6 Å². The van der Waals surface area contributed by atoms with Crippen molar-refractivity contribution in [2.75, 3.05) is 20.0 Å². The summed E-state index contributed by atoms with van der Waals surface area (Å²) in [6, 6.07) is 18.3. The minimum Gasteiger partial charge on any atom is -0.497 e. The lowest BCUT2D eigenvalue weighted by atomic mass is 9.98. The number of carbonyl (C=O) groups is 2. The molecular formula is C28H28N6O5S. The summed E-state index contributed by atoms with van der Waals surface area (Å²) in [7, 11) is 5.03. The van der Waals surface area contributed by atoms with Crippen LogP contribution in [0.3, 0.4) is 0 Å². The van der Waals surface area contributed by atoms with Crippen LogP contribution in [0.15, 0.2) is 81.6 Å². The van der Waals surface area contributed by atoms with E-state index < -0.39 is 0 Å². The van der Waals surface area contributed by atoms with Gasteiger partial charge in [-0.15, -0.1) is 10.2 Å². The number of nitrogens with zero attached hydrogens (tertiary/aromatic N) is 5. The van der Waals surface area contributed by atoms with Gasteiger partial charge in [-0.05, 0) is 59.7 Å². The topological polar surface area (TPSA) is 124 Å². The number of hydrogen-bond acceptors (Lipinski definition) is 9. The Kier molecular flexibility index (Phi) is 8.15. The first-order valence-electron chi connectivity index (χ1n) is 12.5. The first-order chi connectivity index (χ1) is 19.5. The molecule has 11 nitrogen and oxygen atoms in total. The van der Waals surface area contributed by atoms with Gasteiger partial charge in [-0.1, -0.05) is 23.9 Å². The molecule has 206 valence electrons. The van der Waals surface area contributed by atoms with E-state index in [0.717, 1.165) is 28.3 Å². The largest absolute Gasteiger partial charge is 0.497 e. The molecule has 0 unspecified atom stereocenters. The number of thioether (sulfide) groups is 1. The van der Waals surface area contributed by atoms with Crippen LogP contribution in [0.1, 0.15) is 40.0 Å². The third kappa shape index (κ3) is 5.86. The normalized spacial score (nSPS) is 14.6. The Hall–Kier alpha value is -4.58. The van der Waals surface area contributed by atoms with Crippen LogP contribution in [-0.4, -0.2) is 57.3 Å². The van der Waals surface area contributed by atoms with E-state index in [0.29, 0.717) is 17.4 Å². The predicted octanol–water partition coefficient (Wildman–Crippen LogP) is 3.83. The Morgan fingerprint density at radius 3 is 2.38 bits per heavy atom. The number of hydrazone groups is 1. The number of furan rings is 1. The molecule has 1 aliphatic rings. The number of carbonyl (C=O) groups excluding carboxylic acids is 2. The van der Waals surface area contributed by atoms with Crippen LogP contribution in [0.4, 0.5) is 0 Å². The molecule has 40 heavy (non-hydrogen) atoms. The van der Waals surface area contributed by atoms with Crippen molar-refractivity contribution in [3.8, 4) is 11.5 Å². The standard InChI is InChI=1S/C28H28N6O5S/c1-33-25(16-29-27(36)24-5-4-14-39-24)30-31-28(33)40-17-26(35)34-23(19-8-12-21(38-3)13-9-19)15-22(32-34)18-6-10-20(37-2)11-7-18/h4-14,23H,15-17H2,1-3H3,(H,29,36)/t23-/m1/s1. The zero-order valence-electron chi connectivity index (χ0n) is 22.2. The van der Waals surface area contributed by atoms with E-state index in [-0.39, 0.29) is 35.9 Å². The number of ether oxygens (including phenoxy) is 2. The lowest BCUT2D eigenvalue weighted by Crippen LogP contribution is -2.28. The van der Waals surface area contributed by atoms with Crippen LogP contribution in [0, 0.1) is 0 Å².